The van der Waals surface area contributed by atoms with Crippen LogP contribution in [0.4, 0.5) is 27.9 Å². The van der Waals surface area contributed by atoms with Gasteiger partial charge in [-0.15, -0.1) is 0 Å². The standard InChI is InChI=1S/C18H24N6O3/c1-18(6-8-27-9-7-18)24-16-20-11-14(19)15(23-16)22-13-4-2-12(3-5-13)10-21-17(25)26/h2-5,11,21H,6-10,19H2,1H3,(H,25,26)(H2,20,22,23,24). The number of hydrogen-bond acceptors (Lipinski definition) is 7. The van der Waals surface area contributed by atoms with Gasteiger partial charge in [0.2, 0.25) is 5.95 Å². The van der Waals surface area contributed by atoms with E-state index in [4.69, 9.17) is 15.6 Å². The molecule has 0 atom stereocenters. The lowest BCUT2D eigenvalue weighted by atomic mass is 9.93. The van der Waals surface area contributed by atoms with E-state index in [1.807, 2.05) is 24.3 Å². The molecule has 1 fully saturated rings. The average Bonchev–Trinajstić information content (AvgIpc) is 2.64. The van der Waals surface area contributed by atoms with E-state index < -0.39 is 6.09 Å². The number of nitrogens with one attached hydrogen (secondary N) is 3. The number of aromatic nitrogens is 2. The molecule has 3 rings (SSSR count). The molecule has 0 aliphatic carbocycles. The summed E-state index contributed by atoms with van der Waals surface area (Å²) in [5.41, 5.74) is 7.99. The van der Waals surface area contributed by atoms with Crippen molar-refractivity contribution in [3.05, 3.63) is 36.0 Å². The van der Waals surface area contributed by atoms with Crippen LogP contribution in [0.2, 0.25) is 0 Å². The number of nitrogens with zero attached hydrogens (tertiary/aromatic N) is 2. The van der Waals surface area contributed by atoms with Gasteiger partial charge in [-0.1, -0.05) is 12.1 Å². The van der Waals surface area contributed by atoms with Crippen molar-refractivity contribution < 1.29 is 14.6 Å². The zero-order valence-electron chi connectivity index (χ0n) is 15.2. The van der Waals surface area contributed by atoms with Gasteiger partial charge in [0.15, 0.2) is 5.82 Å². The molecule has 1 amide bonds. The smallest absolute Gasteiger partial charge is 0.404 e. The fourth-order valence-electron chi connectivity index (χ4n) is 2.79. The Hall–Kier alpha value is -3.07. The lowest BCUT2D eigenvalue weighted by Gasteiger charge is -2.34. The highest BCUT2D eigenvalue weighted by Gasteiger charge is 2.28. The summed E-state index contributed by atoms with van der Waals surface area (Å²) < 4.78 is 5.41. The number of carbonyl (C=O) groups is 1. The van der Waals surface area contributed by atoms with Gasteiger partial charge in [-0.25, -0.2) is 9.78 Å². The van der Waals surface area contributed by atoms with Gasteiger partial charge in [0.25, 0.3) is 0 Å². The van der Waals surface area contributed by atoms with Crippen molar-refractivity contribution in [2.75, 3.05) is 29.6 Å². The van der Waals surface area contributed by atoms with Crippen LogP contribution in [0.5, 0.6) is 0 Å². The summed E-state index contributed by atoms with van der Waals surface area (Å²) in [6.07, 6.45) is 2.29. The Labute approximate surface area is 157 Å². The van der Waals surface area contributed by atoms with E-state index in [1.54, 1.807) is 6.20 Å². The summed E-state index contributed by atoms with van der Waals surface area (Å²) in [7, 11) is 0. The summed E-state index contributed by atoms with van der Waals surface area (Å²) in [6, 6.07) is 7.34. The molecule has 0 unspecified atom stereocenters. The third kappa shape index (κ3) is 5.20. The molecular formula is C18H24N6O3. The molecule has 1 aliphatic rings. The number of amides is 1. The van der Waals surface area contributed by atoms with Gasteiger partial charge in [-0.2, -0.15) is 4.98 Å². The molecule has 1 aromatic heterocycles. The predicted octanol–water partition coefficient (Wildman–Crippen LogP) is 2.55. The highest BCUT2D eigenvalue weighted by molar-refractivity contribution is 5.69. The average molecular weight is 372 g/mol. The number of carboxylic acid groups (broad SMARTS) is 1. The molecule has 1 aromatic carbocycles. The molecule has 9 nitrogen and oxygen atoms in total. The summed E-state index contributed by atoms with van der Waals surface area (Å²) in [5.74, 6) is 1.03. The van der Waals surface area contributed by atoms with Crippen molar-refractivity contribution in [2.24, 2.45) is 0 Å². The summed E-state index contributed by atoms with van der Waals surface area (Å²) >= 11 is 0. The fourth-order valence-corrected chi connectivity index (χ4v) is 2.79. The van der Waals surface area contributed by atoms with E-state index in [9.17, 15) is 4.79 Å². The summed E-state index contributed by atoms with van der Waals surface area (Å²) in [6.45, 7) is 3.81. The monoisotopic (exact) mass is 372 g/mol. The lowest BCUT2D eigenvalue weighted by molar-refractivity contribution is 0.0656. The maximum Gasteiger partial charge on any atom is 0.404 e. The van der Waals surface area contributed by atoms with Gasteiger partial charge in [0, 0.05) is 31.0 Å². The Bertz CT molecular complexity index is 790. The molecule has 1 saturated heterocycles. The molecule has 2 aromatic rings. The third-order valence-electron chi connectivity index (χ3n) is 4.49. The molecule has 144 valence electrons. The molecule has 2 heterocycles. The van der Waals surface area contributed by atoms with E-state index >= 15 is 0 Å². The summed E-state index contributed by atoms with van der Waals surface area (Å²) in [4.78, 5) is 19.3. The highest BCUT2D eigenvalue weighted by atomic mass is 16.5. The first-order valence-electron chi connectivity index (χ1n) is 8.75. The van der Waals surface area contributed by atoms with Crippen LogP contribution in [0.25, 0.3) is 0 Å². The van der Waals surface area contributed by atoms with Crippen LogP contribution >= 0.6 is 0 Å². The van der Waals surface area contributed by atoms with Crippen molar-refractivity contribution in [1.29, 1.82) is 0 Å². The Morgan fingerprint density at radius 2 is 2.00 bits per heavy atom. The second-order valence-corrected chi connectivity index (χ2v) is 6.78. The third-order valence-corrected chi connectivity index (χ3v) is 4.49. The number of hydrogen-bond donors (Lipinski definition) is 5. The van der Waals surface area contributed by atoms with Gasteiger partial charge >= 0.3 is 6.09 Å². The number of nitrogen functional groups attached to an aromatic ring is 1. The Morgan fingerprint density at radius 1 is 1.30 bits per heavy atom. The molecule has 0 bridgehead atoms. The molecule has 0 spiro atoms. The van der Waals surface area contributed by atoms with Gasteiger partial charge in [-0.3, -0.25) is 0 Å². The fraction of sp³-hybridized carbons (Fsp3) is 0.389. The second-order valence-electron chi connectivity index (χ2n) is 6.78. The first kappa shape index (κ1) is 18.7. The van der Waals surface area contributed by atoms with Crippen LogP contribution in [0.15, 0.2) is 30.5 Å². The molecule has 1 aliphatic heterocycles. The van der Waals surface area contributed by atoms with E-state index in [0.29, 0.717) is 30.7 Å². The molecular weight excluding hydrogens is 348 g/mol. The van der Waals surface area contributed by atoms with Crippen LogP contribution in [0, 0.1) is 0 Å². The Kier molecular flexibility index (Phi) is 5.60. The summed E-state index contributed by atoms with van der Waals surface area (Å²) in [5, 5.41) is 17.5. The molecule has 0 saturated carbocycles. The van der Waals surface area contributed by atoms with Gasteiger partial charge in [0.05, 0.1) is 11.9 Å². The highest BCUT2D eigenvalue weighted by Crippen LogP contribution is 2.26. The maximum atomic E-state index is 10.6. The van der Waals surface area contributed by atoms with E-state index in [1.165, 1.54) is 0 Å². The van der Waals surface area contributed by atoms with E-state index in [2.05, 4.69) is 32.8 Å². The first-order valence-corrected chi connectivity index (χ1v) is 8.75. The van der Waals surface area contributed by atoms with Crippen molar-refractivity contribution in [3.8, 4) is 0 Å². The first-order chi connectivity index (χ1) is 12.9. The molecule has 6 N–H and O–H groups in total. The minimum absolute atomic E-state index is 0.107. The largest absolute Gasteiger partial charge is 0.465 e. The minimum atomic E-state index is -1.05. The topological polar surface area (TPSA) is 134 Å². The van der Waals surface area contributed by atoms with Crippen LogP contribution < -0.4 is 21.7 Å². The Morgan fingerprint density at radius 3 is 2.67 bits per heavy atom. The minimum Gasteiger partial charge on any atom is -0.465 e. The van der Waals surface area contributed by atoms with Crippen LogP contribution in [0.1, 0.15) is 25.3 Å². The van der Waals surface area contributed by atoms with Gasteiger partial charge in [-0.05, 0) is 37.5 Å². The zero-order valence-corrected chi connectivity index (χ0v) is 15.2. The maximum absolute atomic E-state index is 10.6. The van der Waals surface area contributed by atoms with Gasteiger partial charge < -0.3 is 31.5 Å². The zero-order chi connectivity index (χ0) is 19.3. The van der Waals surface area contributed by atoms with Crippen molar-refractivity contribution in [2.45, 2.75) is 31.8 Å². The van der Waals surface area contributed by atoms with Gasteiger partial charge in [0.1, 0.15) is 0 Å². The SMILES string of the molecule is CC1(Nc2ncc(N)c(Nc3ccc(CNC(=O)O)cc3)n2)CCOCC1. The molecule has 0 radical (unpaired) electrons. The number of benzene rings is 1. The molecule has 9 heteroatoms. The van der Waals surface area contributed by atoms with E-state index in [0.717, 1.165) is 24.1 Å². The van der Waals surface area contributed by atoms with Crippen molar-refractivity contribution in [3.63, 3.8) is 0 Å². The van der Waals surface area contributed by atoms with Crippen LogP contribution in [-0.2, 0) is 11.3 Å². The Balaban J connectivity index is 1.68. The van der Waals surface area contributed by atoms with Crippen molar-refractivity contribution >= 4 is 29.2 Å². The lowest BCUT2D eigenvalue weighted by Crippen LogP contribution is -2.41. The van der Waals surface area contributed by atoms with E-state index in [-0.39, 0.29) is 12.1 Å². The van der Waals surface area contributed by atoms with Crippen LogP contribution in [0.3, 0.4) is 0 Å². The number of rotatable bonds is 6. The number of anilines is 4. The normalized spacial score (nSPS) is 15.7. The van der Waals surface area contributed by atoms with Crippen LogP contribution in [-0.4, -0.2) is 39.9 Å². The molecule has 27 heavy (non-hydrogen) atoms. The second kappa shape index (κ2) is 8.09. The quantitative estimate of drug-likeness (QED) is 0.522. The predicted molar refractivity (Wildman–Crippen MR) is 103 cm³/mol. The van der Waals surface area contributed by atoms with Crippen molar-refractivity contribution in [1.82, 2.24) is 15.3 Å². The number of nitrogens with two attached hydrogens (primary N) is 1. The number of ether oxygens (including phenoxy) is 1.